The zero-order valence-corrected chi connectivity index (χ0v) is 13.4. The highest BCUT2D eigenvalue weighted by atomic mass is 16.1. The van der Waals surface area contributed by atoms with Crippen molar-refractivity contribution in [1.29, 1.82) is 5.26 Å². The first-order valence-corrected chi connectivity index (χ1v) is 7.16. The van der Waals surface area contributed by atoms with Crippen molar-refractivity contribution in [1.82, 2.24) is 0 Å². The Morgan fingerprint density at radius 1 is 1.25 bits per heavy atom. The van der Waals surface area contributed by atoms with Gasteiger partial charge in [-0.3, -0.25) is 4.79 Å². The number of nitriles is 1. The summed E-state index contributed by atoms with van der Waals surface area (Å²) in [6.07, 6.45) is 0.453. The number of aryl methyl sites for hydroxylation is 2. The molecule has 0 saturated heterocycles. The Hall–Kier alpha value is -1.62. The van der Waals surface area contributed by atoms with E-state index in [9.17, 15) is 10.1 Å². The van der Waals surface area contributed by atoms with Crippen LogP contribution in [-0.4, -0.2) is 5.78 Å². The molecule has 2 unspecified atom stereocenters. The standard InChI is InChI=1S/C18H25NO/c1-12-7-8-15(9-13(12)2)16(11-19)17(20)10-14(3)18(4,5)6/h7-9,14,16H,10H2,1-6H3. The van der Waals surface area contributed by atoms with E-state index in [1.54, 1.807) is 0 Å². The van der Waals surface area contributed by atoms with Gasteiger partial charge < -0.3 is 0 Å². The van der Waals surface area contributed by atoms with Crippen molar-refractivity contribution in [2.24, 2.45) is 11.3 Å². The molecule has 1 rings (SSSR count). The maximum absolute atomic E-state index is 12.4. The van der Waals surface area contributed by atoms with Crippen LogP contribution in [0.2, 0.25) is 0 Å². The van der Waals surface area contributed by atoms with E-state index >= 15 is 0 Å². The SMILES string of the molecule is Cc1ccc(C(C#N)C(=O)CC(C)C(C)(C)C)cc1C. The number of carbonyl (C=O) groups is 1. The first-order valence-electron chi connectivity index (χ1n) is 7.16. The summed E-state index contributed by atoms with van der Waals surface area (Å²) in [5.74, 6) is -0.352. The second-order valence-electron chi connectivity index (χ2n) is 6.84. The first-order chi connectivity index (χ1) is 9.16. The van der Waals surface area contributed by atoms with E-state index in [0.717, 1.165) is 11.1 Å². The second-order valence-corrected chi connectivity index (χ2v) is 6.84. The van der Waals surface area contributed by atoms with Crippen LogP contribution in [0.3, 0.4) is 0 Å². The Kier molecular flexibility index (Phi) is 5.11. The van der Waals surface area contributed by atoms with Crippen molar-refractivity contribution in [3.8, 4) is 6.07 Å². The molecule has 0 heterocycles. The summed E-state index contributed by atoms with van der Waals surface area (Å²) in [5.41, 5.74) is 3.21. The van der Waals surface area contributed by atoms with Crippen LogP contribution in [0.4, 0.5) is 0 Å². The molecular formula is C18H25NO. The van der Waals surface area contributed by atoms with E-state index < -0.39 is 5.92 Å². The van der Waals surface area contributed by atoms with Crippen molar-refractivity contribution in [2.75, 3.05) is 0 Å². The number of carbonyl (C=O) groups excluding carboxylic acids is 1. The third-order valence-corrected chi connectivity index (χ3v) is 4.30. The largest absolute Gasteiger partial charge is 0.298 e. The average molecular weight is 271 g/mol. The molecule has 2 heteroatoms. The number of hydrogen-bond donors (Lipinski definition) is 0. The highest BCUT2D eigenvalue weighted by Gasteiger charge is 2.27. The summed E-state index contributed by atoms with van der Waals surface area (Å²) in [6, 6.07) is 8.01. The summed E-state index contributed by atoms with van der Waals surface area (Å²) < 4.78 is 0. The molecule has 2 atom stereocenters. The molecule has 0 N–H and O–H groups in total. The lowest BCUT2D eigenvalue weighted by molar-refractivity contribution is -0.120. The van der Waals surface area contributed by atoms with Crippen molar-refractivity contribution in [3.05, 3.63) is 34.9 Å². The van der Waals surface area contributed by atoms with E-state index in [0.29, 0.717) is 6.42 Å². The zero-order chi connectivity index (χ0) is 15.5. The molecule has 1 aromatic carbocycles. The Morgan fingerprint density at radius 3 is 2.30 bits per heavy atom. The van der Waals surface area contributed by atoms with E-state index in [1.165, 1.54) is 5.56 Å². The minimum atomic E-state index is -0.640. The molecule has 0 saturated carbocycles. The maximum Gasteiger partial charge on any atom is 0.154 e. The van der Waals surface area contributed by atoms with Gasteiger partial charge in [0, 0.05) is 6.42 Å². The van der Waals surface area contributed by atoms with Gasteiger partial charge in [0.25, 0.3) is 0 Å². The van der Waals surface area contributed by atoms with Gasteiger partial charge in [-0.1, -0.05) is 45.9 Å². The molecule has 0 bridgehead atoms. The van der Waals surface area contributed by atoms with Gasteiger partial charge in [-0.05, 0) is 41.9 Å². The minimum Gasteiger partial charge on any atom is -0.298 e. The van der Waals surface area contributed by atoms with Crippen LogP contribution < -0.4 is 0 Å². The molecule has 0 aliphatic rings. The molecule has 0 spiro atoms. The quantitative estimate of drug-likeness (QED) is 0.806. The summed E-state index contributed by atoms with van der Waals surface area (Å²) in [7, 11) is 0. The smallest absolute Gasteiger partial charge is 0.154 e. The first kappa shape index (κ1) is 16.4. The molecular weight excluding hydrogens is 246 g/mol. The Labute approximate surface area is 122 Å². The molecule has 0 amide bonds. The molecule has 20 heavy (non-hydrogen) atoms. The molecule has 2 nitrogen and oxygen atoms in total. The topological polar surface area (TPSA) is 40.9 Å². The van der Waals surface area contributed by atoms with Gasteiger partial charge in [0.2, 0.25) is 0 Å². The number of benzene rings is 1. The highest BCUT2D eigenvalue weighted by Crippen LogP contribution is 2.31. The van der Waals surface area contributed by atoms with Crippen LogP contribution in [0.1, 0.15) is 56.7 Å². The van der Waals surface area contributed by atoms with Crippen LogP contribution in [0.15, 0.2) is 18.2 Å². The summed E-state index contributed by atoms with van der Waals surface area (Å²) in [6.45, 7) is 12.5. The summed E-state index contributed by atoms with van der Waals surface area (Å²) in [5, 5.41) is 9.35. The van der Waals surface area contributed by atoms with Gasteiger partial charge in [0.15, 0.2) is 5.78 Å². The number of nitrogens with zero attached hydrogens (tertiary/aromatic N) is 1. The summed E-state index contributed by atoms with van der Waals surface area (Å²) >= 11 is 0. The fourth-order valence-electron chi connectivity index (χ4n) is 2.00. The number of rotatable bonds is 4. The van der Waals surface area contributed by atoms with Gasteiger partial charge in [-0.25, -0.2) is 0 Å². The van der Waals surface area contributed by atoms with E-state index in [1.807, 2.05) is 32.0 Å². The molecule has 108 valence electrons. The lowest BCUT2D eigenvalue weighted by Gasteiger charge is -2.27. The van der Waals surface area contributed by atoms with E-state index in [4.69, 9.17) is 0 Å². The Morgan fingerprint density at radius 2 is 1.85 bits per heavy atom. The monoisotopic (exact) mass is 271 g/mol. The number of hydrogen-bond acceptors (Lipinski definition) is 2. The van der Waals surface area contributed by atoms with Gasteiger partial charge in [0.05, 0.1) is 6.07 Å². The third-order valence-electron chi connectivity index (χ3n) is 4.30. The predicted molar refractivity (Wildman–Crippen MR) is 82.5 cm³/mol. The molecule has 0 aliphatic carbocycles. The van der Waals surface area contributed by atoms with Crippen molar-refractivity contribution in [2.45, 2.75) is 53.9 Å². The fourth-order valence-corrected chi connectivity index (χ4v) is 2.00. The fraction of sp³-hybridized carbons (Fsp3) is 0.556. The molecule has 0 aromatic heterocycles. The van der Waals surface area contributed by atoms with Gasteiger partial charge in [0.1, 0.15) is 5.92 Å². The molecule has 0 fully saturated rings. The number of Topliss-reactive ketones (excluding diaryl/α,β-unsaturated/α-hetero) is 1. The van der Waals surface area contributed by atoms with Crippen molar-refractivity contribution in [3.63, 3.8) is 0 Å². The average Bonchev–Trinajstić information content (AvgIpc) is 2.33. The van der Waals surface area contributed by atoms with Crippen LogP contribution in [0.25, 0.3) is 0 Å². The van der Waals surface area contributed by atoms with Crippen molar-refractivity contribution < 1.29 is 4.79 Å². The number of ketones is 1. The van der Waals surface area contributed by atoms with E-state index in [-0.39, 0.29) is 17.1 Å². The Bertz CT molecular complexity index is 531. The molecule has 0 radical (unpaired) electrons. The lowest BCUT2D eigenvalue weighted by Crippen LogP contribution is -2.23. The van der Waals surface area contributed by atoms with Gasteiger partial charge in [-0.2, -0.15) is 5.26 Å². The Balaban J connectivity index is 2.94. The van der Waals surface area contributed by atoms with Gasteiger partial charge in [-0.15, -0.1) is 0 Å². The van der Waals surface area contributed by atoms with Crippen LogP contribution in [-0.2, 0) is 4.79 Å². The van der Waals surface area contributed by atoms with Crippen LogP contribution in [0.5, 0.6) is 0 Å². The molecule has 0 aliphatic heterocycles. The predicted octanol–water partition coefficient (Wildman–Crippen LogP) is 4.55. The third kappa shape index (κ3) is 3.93. The summed E-state index contributed by atoms with van der Waals surface area (Å²) in [4.78, 5) is 12.4. The second kappa shape index (κ2) is 6.22. The lowest BCUT2D eigenvalue weighted by atomic mass is 9.77. The van der Waals surface area contributed by atoms with Crippen LogP contribution >= 0.6 is 0 Å². The van der Waals surface area contributed by atoms with E-state index in [2.05, 4.69) is 33.8 Å². The normalized spacial score (nSPS) is 14.4. The zero-order valence-electron chi connectivity index (χ0n) is 13.4. The maximum atomic E-state index is 12.4. The van der Waals surface area contributed by atoms with Crippen molar-refractivity contribution >= 4 is 5.78 Å². The minimum absolute atomic E-state index is 0.0261. The van der Waals surface area contributed by atoms with Gasteiger partial charge >= 0.3 is 0 Å². The molecule has 1 aromatic rings. The highest BCUT2D eigenvalue weighted by molar-refractivity contribution is 5.88. The van der Waals surface area contributed by atoms with Crippen LogP contribution in [0, 0.1) is 36.5 Å².